The zero-order valence-electron chi connectivity index (χ0n) is 14.9. The topological polar surface area (TPSA) is 46.9 Å². The predicted molar refractivity (Wildman–Crippen MR) is 92.3 cm³/mol. The predicted octanol–water partition coefficient (Wildman–Crippen LogP) is 3.24. The first-order valence-corrected chi connectivity index (χ1v) is 9.81. The van der Waals surface area contributed by atoms with Crippen molar-refractivity contribution in [3.63, 3.8) is 0 Å². The molecule has 6 rings (SSSR count). The molecule has 0 radical (unpaired) electrons. The van der Waals surface area contributed by atoms with Gasteiger partial charge < -0.3 is 5.32 Å². The molecule has 1 amide bonds. The van der Waals surface area contributed by atoms with E-state index in [1.54, 1.807) is 0 Å². The normalized spacial score (nSPS) is 43.7. The molecule has 24 heavy (non-hydrogen) atoms. The molecule has 5 aliphatic rings. The van der Waals surface area contributed by atoms with Gasteiger partial charge in [-0.25, -0.2) is 0 Å². The Labute approximate surface area is 144 Å². The van der Waals surface area contributed by atoms with Gasteiger partial charge in [-0.05, 0) is 86.5 Å². The van der Waals surface area contributed by atoms with Crippen molar-refractivity contribution in [2.75, 3.05) is 0 Å². The Kier molecular flexibility index (Phi) is 3.18. The fourth-order valence-corrected chi connectivity index (χ4v) is 6.67. The summed E-state index contributed by atoms with van der Waals surface area (Å²) in [4.78, 5) is 12.8. The molecule has 5 fully saturated rings. The quantitative estimate of drug-likeness (QED) is 0.923. The summed E-state index contributed by atoms with van der Waals surface area (Å²) in [6.45, 7) is 2.28. The minimum atomic E-state index is 0.172. The minimum Gasteiger partial charge on any atom is -0.353 e. The number of carbonyl (C=O) groups is 1. The molecule has 0 spiro atoms. The van der Waals surface area contributed by atoms with Crippen molar-refractivity contribution in [2.24, 2.45) is 36.1 Å². The van der Waals surface area contributed by atoms with Gasteiger partial charge in [0.25, 0.3) is 0 Å². The van der Waals surface area contributed by atoms with E-state index in [-0.39, 0.29) is 11.8 Å². The second-order valence-electron chi connectivity index (χ2n) is 9.41. The monoisotopic (exact) mass is 327 g/mol. The number of hydrogen-bond donors (Lipinski definition) is 1. The highest BCUT2D eigenvalue weighted by Gasteiger charge is 2.54. The number of carbonyl (C=O) groups excluding carboxylic acids is 1. The standard InChI is InChI=1S/C20H29N3O/c1-12(20-7-13-3-14(8-20)5-15(4-13)9-20)22-19(24)18-6-17(18)16-10-21-23(2)11-16/h10-15,17-18H,3-9H2,1-2H3,(H,22,24). The summed E-state index contributed by atoms with van der Waals surface area (Å²) in [5, 5.41) is 7.68. The molecule has 5 aliphatic carbocycles. The first-order valence-electron chi connectivity index (χ1n) is 9.81. The lowest BCUT2D eigenvalue weighted by Crippen LogP contribution is -2.56. The third kappa shape index (κ3) is 2.33. The van der Waals surface area contributed by atoms with E-state index in [0.717, 1.165) is 24.2 Å². The molecule has 0 saturated heterocycles. The maximum Gasteiger partial charge on any atom is 0.223 e. The lowest BCUT2D eigenvalue weighted by molar-refractivity contribution is -0.127. The van der Waals surface area contributed by atoms with Crippen LogP contribution in [0.5, 0.6) is 0 Å². The maximum atomic E-state index is 12.8. The van der Waals surface area contributed by atoms with E-state index in [2.05, 4.69) is 23.5 Å². The maximum absolute atomic E-state index is 12.8. The number of hydrogen-bond acceptors (Lipinski definition) is 2. The van der Waals surface area contributed by atoms with Crippen molar-refractivity contribution in [2.45, 2.75) is 63.8 Å². The van der Waals surface area contributed by atoms with Gasteiger partial charge >= 0.3 is 0 Å². The Hall–Kier alpha value is -1.32. The molecule has 4 bridgehead atoms. The van der Waals surface area contributed by atoms with Crippen molar-refractivity contribution in [1.82, 2.24) is 15.1 Å². The highest BCUT2D eigenvalue weighted by atomic mass is 16.2. The van der Waals surface area contributed by atoms with Gasteiger partial charge in [0.2, 0.25) is 5.91 Å². The zero-order chi connectivity index (χ0) is 16.5. The molecule has 1 aromatic heterocycles. The van der Waals surface area contributed by atoms with Crippen LogP contribution in [0.1, 0.15) is 63.4 Å². The molecular formula is C20H29N3O. The van der Waals surface area contributed by atoms with Gasteiger partial charge in [0.15, 0.2) is 0 Å². The van der Waals surface area contributed by atoms with E-state index >= 15 is 0 Å². The van der Waals surface area contributed by atoms with Crippen molar-refractivity contribution in [1.29, 1.82) is 0 Å². The van der Waals surface area contributed by atoms with Crippen LogP contribution in [-0.4, -0.2) is 21.7 Å². The molecule has 5 saturated carbocycles. The van der Waals surface area contributed by atoms with Crippen LogP contribution in [0.4, 0.5) is 0 Å². The summed E-state index contributed by atoms with van der Waals surface area (Å²) in [6, 6.07) is 0.341. The Morgan fingerprint density at radius 1 is 1.21 bits per heavy atom. The summed E-state index contributed by atoms with van der Waals surface area (Å²) < 4.78 is 1.83. The largest absolute Gasteiger partial charge is 0.353 e. The number of nitrogens with one attached hydrogen (secondary N) is 1. The molecule has 3 atom stereocenters. The second-order valence-corrected chi connectivity index (χ2v) is 9.41. The van der Waals surface area contributed by atoms with Crippen LogP contribution < -0.4 is 5.32 Å². The molecule has 1 aromatic rings. The van der Waals surface area contributed by atoms with Gasteiger partial charge in [-0.15, -0.1) is 0 Å². The van der Waals surface area contributed by atoms with E-state index in [0.29, 0.717) is 17.4 Å². The van der Waals surface area contributed by atoms with Crippen LogP contribution in [0.2, 0.25) is 0 Å². The average Bonchev–Trinajstić information content (AvgIpc) is 3.21. The smallest absolute Gasteiger partial charge is 0.223 e. The number of nitrogens with zero attached hydrogens (tertiary/aromatic N) is 2. The highest BCUT2D eigenvalue weighted by Crippen LogP contribution is 2.61. The third-order valence-electron chi connectivity index (χ3n) is 7.64. The van der Waals surface area contributed by atoms with Crippen LogP contribution in [0.25, 0.3) is 0 Å². The van der Waals surface area contributed by atoms with E-state index in [1.165, 1.54) is 44.1 Å². The zero-order valence-corrected chi connectivity index (χ0v) is 14.9. The van der Waals surface area contributed by atoms with Gasteiger partial charge in [0.1, 0.15) is 0 Å². The fraction of sp³-hybridized carbons (Fsp3) is 0.800. The average molecular weight is 327 g/mol. The van der Waals surface area contributed by atoms with Crippen LogP contribution in [-0.2, 0) is 11.8 Å². The Bertz CT molecular complexity index is 628. The highest BCUT2D eigenvalue weighted by molar-refractivity contribution is 5.83. The van der Waals surface area contributed by atoms with Gasteiger partial charge in [-0.2, -0.15) is 5.10 Å². The van der Waals surface area contributed by atoms with E-state index in [1.807, 2.05) is 17.9 Å². The minimum absolute atomic E-state index is 0.172. The Morgan fingerprint density at radius 2 is 1.83 bits per heavy atom. The van der Waals surface area contributed by atoms with E-state index in [4.69, 9.17) is 0 Å². The second kappa shape index (κ2) is 5.09. The third-order valence-corrected chi connectivity index (χ3v) is 7.64. The Morgan fingerprint density at radius 3 is 2.38 bits per heavy atom. The van der Waals surface area contributed by atoms with Crippen molar-refractivity contribution >= 4 is 5.91 Å². The molecule has 3 unspecified atom stereocenters. The van der Waals surface area contributed by atoms with Gasteiger partial charge in [-0.1, -0.05) is 0 Å². The molecule has 0 aliphatic heterocycles. The van der Waals surface area contributed by atoms with Gasteiger partial charge in [0, 0.05) is 25.2 Å². The molecule has 130 valence electrons. The van der Waals surface area contributed by atoms with Crippen molar-refractivity contribution in [3.05, 3.63) is 18.0 Å². The molecular weight excluding hydrogens is 298 g/mol. The van der Waals surface area contributed by atoms with Gasteiger partial charge in [0.05, 0.1) is 6.20 Å². The number of rotatable bonds is 4. The molecule has 1 heterocycles. The Balaban J connectivity index is 1.24. The number of aromatic nitrogens is 2. The molecule has 4 heteroatoms. The summed E-state index contributed by atoms with van der Waals surface area (Å²) in [5.74, 6) is 3.68. The first-order chi connectivity index (χ1) is 11.5. The van der Waals surface area contributed by atoms with Crippen molar-refractivity contribution < 1.29 is 4.79 Å². The van der Waals surface area contributed by atoms with Gasteiger partial charge in [-0.3, -0.25) is 9.48 Å². The number of aryl methyl sites for hydroxylation is 1. The fourth-order valence-electron chi connectivity index (χ4n) is 6.67. The van der Waals surface area contributed by atoms with Crippen LogP contribution in [0.3, 0.4) is 0 Å². The van der Waals surface area contributed by atoms with E-state index in [9.17, 15) is 4.79 Å². The molecule has 1 N–H and O–H groups in total. The summed E-state index contributed by atoms with van der Waals surface area (Å²) >= 11 is 0. The van der Waals surface area contributed by atoms with Crippen LogP contribution in [0.15, 0.2) is 12.4 Å². The summed E-state index contributed by atoms with van der Waals surface area (Å²) in [5.41, 5.74) is 1.63. The van der Waals surface area contributed by atoms with Crippen molar-refractivity contribution in [3.8, 4) is 0 Å². The summed E-state index contributed by atoms with van der Waals surface area (Å²) in [6.07, 6.45) is 13.4. The van der Waals surface area contributed by atoms with Crippen LogP contribution >= 0.6 is 0 Å². The molecule has 4 nitrogen and oxygen atoms in total. The first kappa shape index (κ1) is 15.0. The molecule has 0 aromatic carbocycles. The van der Waals surface area contributed by atoms with Crippen LogP contribution in [0, 0.1) is 29.1 Å². The lowest BCUT2D eigenvalue weighted by atomic mass is 9.48. The lowest BCUT2D eigenvalue weighted by Gasteiger charge is -2.59. The summed E-state index contributed by atoms with van der Waals surface area (Å²) in [7, 11) is 1.94. The van der Waals surface area contributed by atoms with E-state index < -0.39 is 0 Å². The SMILES string of the molecule is CC(NC(=O)C1CC1c1cnn(C)c1)C12CC3CC(CC(C3)C1)C2. The number of amides is 1.